The van der Waals surface area contributed by atoms with Crippen LogP contribution in [0.5, 0.6) is 0 Å². The number of nitrogens with zero attached hydrogens (tertiary/aromatic N) is 1. The fourth-order valence-electron chi connectivity index (χ4n) is 1.02. The fourth-order valence-corrected chi connectivity index (χ4v) is 1.49. The van der Waals surface area contributed by atoms with E-state index in [1.165, 1.54) is 6.92 Å². The quantitative estimate of drug-likeness (QED) is 0.814. The maximum atomic E-state index is 11.4. The number of amides is 1. The Balaban J connectivity index is 2.54. The molecule has 0 bridgehead atoms. The van der Waals surface area contributed by atoms with Gasteiger partial charge in [-0.1, -0.05) is 6.07 Å². The molecule has 0 aliphatic heterocycles. The van der Waals surface area contributed by atoms with Crippen LogP contribution in [-0.2, 0) is 21.2 Å². The van der Waals surface area contributed by atoms with Gasteiger partial charge in [-0.2, -0.15) is 0 Å². The van der Waals surface area contributed by atoms with Crippen LogP contribution in [0.1, 0.15) is 12.6 Å². The van der Waals surface area contributed by atoms with Crippen molar-refractivity contribution < 1.29 is 13.2 Å². The van der Waals surface area contributed by atoms with Gasteiger partial charge < -0.3 is 5.32 Å². The number of hydrogen-bond donors (Lipinski definition) is 1. The lowest BCUT2D eigenvalue weighted by atomic mass is 10.3. The van der Waals surface area contributed by atoms with Crippen LogP contribution < -0.4 is 5.32 Å². The summed E-state index contributed by atoms with van der Waals surface area (Å²) in [5.41, 5.74) is 0.691. The highest BCUT2D eigenvalue weighted by molar-refractivity contribution is 7.92. The number of hydrogen-bond acceptors (Lipinski definition) is 4. The molecule has 0 radical (unpaired) electrons. The van der Waals surface area contributed by atoms with E-state index in [-0.39, 0.29) is 6.54 Å². The van der Waals surface area contributed by atoms with Crippen LogP contribution in [0.4, 0.5) is 0 Å². The van der Waals surface area contributed by atoms with E-state index < -0.39 is 21.0 Å². The molecule has 1 unspecified atom stereocenters. The van der Waals surface area contributed by atoms with Crippen LogP contribution >= 0.6 is 0 Å². The van der Waals surface area contributed by atoms with E-state index in [0.29, 0.717) is 5.69 Å². The SMILES string of the molecule is CC(C(=O)NCc1ccccn1)S(C)(=O)=O. The van der Waals surface area contributed by atoms with Gasteiger partial charge in [-0.3, -0.25) is 9.78 Å². The first-order chi connectivity index (χ1) is 7.41. The van der Waals surface area contributed by atoms with Crippen molar-refractivity contribution in [3.8, 4) is 0 Å². The van der Waals surface area contributed by atoms with Crippen LogP contribution in [0.3, 0.4) is 0 Å². The van der Waals surface area contributed by atoms with Gasteiger partial charge >= 0.3 is 0 Å². The smallest absolute Gasteiger partial charge is 0.238 e. The molecule has 1 rings (SSSR count). The van der Waals surface area contributed by atoms with Crippen LogP contribution in [0.25, 0.3) is 0 Å². The van der Waals surface area contributed by atoms with Crippen LogP contribution in [-0.4, -0.2) is 30.8 Å². The first-order valence-electron chi connectivity index (χ1n) is 4.78. The lowest BCUT2D eigenvalue weighted by Gasteiger charge is -2.09. The van der Waals surface area contributed by atoms with Crippen molar-refractivity contribution in [1.29, 1.82) is 0 Å². The summed E-state index contributed by atoms with van der Waals surface area (Å²) in [5.74, 6) is -0.506. The van der Waals surface area contributed by atoms with Crippen LogP contribution in [0.15, 0.2) is 24.4 Å². The molecule has 0 saturated carbocycles. The van der Waals surface area contributed by atoms with Gasteiger partial charge in [0.15, 0.2) is 9.84 Å². The van der Waals surface area contributed by atoms with Gasteiger partial charge in [-0.05, 0) is 19.1 Å². The van der Waals surface area contributed by atoms with Crippen molar-refractivity contribution in [2.24, 2.45) is 0 Å². The minimum atomic E-state index is -3.34. The highest BCUT2D eigenvalue weighted by atomic mass is 32.2. The minimum absolute atomic E-state index is 0.236. The normalized spacial score (nSPS) is 13.1. The Kier molecular flexibility index (Phi) is 4.00. The predicted molar refractivity (Wildman–Crippen MR) is 60.4 cm³/mol. The van der Waals surface area contributed by atoms with Crippen LogP contribution in [0, 0.1) is 0 Å². The third-order valence-corrected chi connectivity index (χ3v) is 3.68. The van der Waals surface area contributed by atoms with Crippen molar-refractivity contribution in [3.05, 3.63) is 30.1 Å². The highest BCUT2D eigenvalue weighted by Crippen LogP contribution is 1.99. The molecule has 0 aliphatic rings. The number of nitrogens with one attached hydrogen (secondary N) is 1. The van der Waals surface area contributed by atoms with E-state index in [4.69, 9.17) is 0 Å². The van der Waals surface area contributed by atoms with Gasteiger partial charge in [-0.25, -0.2) is 8.42 Å². The second-order valence-electron chi connectivity index (χ2n) is 3.51. The molecule has 88 valence electrons. The van der Waals surface area contributed by atoms with E-state index in [9.17, 15) is 13.2 Å². The average Bonchev–Trinajstić information content (AvgIpc) is 2.25. The van der Waals surface area contributed by atoms with Gasteiger partial charge in [0.2, 0.25) is 5.91 Å². The molecule has 16 heavy (non-hydrogen) atoms. The summed E-state index contributed by atoms with van der Waals surface area (Å²) >= 11 is 0. The standard InChI is InChI=1S/C10H14N2O3S/c1-8(16(2,14)15)10(13)12-7-9-5-3-4-6-11-9/h3-6,8H,7H2,1-2H3,(H,12,13). The molecular weight excluding hydrogens is 228 g/mol. The molecule has 1 aromatic heterocycles. The molecule has 0 saturated heterocycles. The second kappa shape index (κ2) is 5.07. The van der Waals surface area contributed by atoms with E-state index >= 15 is 0 Å². The Bertz CT molecular complexity index is 456. The van der Waals surface area contributed by atoms with Gasteiger partial charge in [0.1, 0.15) is 5.25 Å². The first-order valence-corrected chi connectivity index (χ1v) is 6.73. The van der Waals surface area contributed by atoms with E-state index in [1.807, 2.05) is 0 Å². The summed E-state index contributed by atoms with van der Waals surface area (Å²) < 4.78 is 22.2. The molecular formula is C10H14N2O3S. The molecule has 1 amide bonds. The molecule has 0 fully saturated rings. The summed E-state index contributed by atoms with van der Waals surface area (Å²) in [4.78, 5) is 15.5. The Morgan fingerprint density at radius 3 is 2.69 bits per heavy atom. The zero-order chi connectivity index (χ0) is 12.2. The van der Waals surface area contributed by atoms with E-state index in [1.54, 1.807) is 24.4 Å². The monoisotopic (exact) mass is 242 g/mol. The van der Waals surface area contributed by atoms with Gasteiger partial charge in [0.05, 0.1) is 12.2 Å². The molecule has 6 heteroatoms. The molecule has 0 aromatic carbocycles. The van der Waals surface area contributed by atoms with Gasteiger partial charge in [0, 0.05) is 12.5 Å². The van der Waals surface area contributed by atoms with Crippen LogP contribution in [0.2, 0.25) is 0 Å². The van der Waals surface area contributed by atoms with Crippen molar-refractivity contribution in [2.45, 2.75) is 18.7 Å². The third kappa shape index (κ3) is 3.62. The molecule has 1 atom stereocenters. The Hall–Kier alpha value is -1.43. The van der Waals surface area contributed by atoms with Gasteiger partial charge in [0.25, 0.3) is 0 Å². The maximum absolute atomic E-state index is 11.4. The lowest BCUT2D eigenvalue weighted by molar-refractivity contribution is -0.120. The van der Waals surface area contributed by atoms with Gasteiger partial charge in [-0.15, -0.1) is 0 Å². The predicted octanol–water partition coefficient (Wildman–Crippen LogP) is 0.131. The number of aromatic nitrogens is 1. The number of sulfone groups is 1. The van der Waals surface area contributed by atoms with Crippen molar-refractivity contribution in [1.82, 2.24) is 10.3 Å². The van der Waals surface area contributed by atoms with E-state index in [0.717, 1.165) is 6.26 Å². The minimum Gasteiger partial charge on any atom is -0.349 e. The summed E-state index contributed by atoms with van der Waals surface area (Å²) in [6.45, 7) is 1.60. The maximum Gasteiger partial charge on any atom is 0.238 e. The Labute approximate surface area is 94.8 Å². The summed E-state index contributed by atoms with van der Waals surface area (Å²) in [6.07, 6.45) is 2.65. The number of rotatable bonds is 4. The summed E-state index contributed by atoms with van der Waals surface area (Å²) in [6, 6.07) is 5.32. The highest BCUT2D eigenvalue weighted by Gasteiger charge is 2.22. The number of pyridine rings is 1. The third-order valence-electron chi connectivity index (χ3n) is 2.18. The summed E-state index contributed by atoms with van der Waals surface area (Å²) in [5, 5.41) is 1.49. The summed E-state index contributed by atoms with van der Waals surface area (Å²) in [7, 11) is -3.34. The van der Waals surface area contributed by atoms with Crippen molar-refractivity contribution in [3.63, 3.8) is 0 Å². The molecule has 5 nitrogen and oxygen atoms in total. The van der Waals surface area contributed by atoms with Crippen molar-refractivity contribution >= 4 is 15.7 Å². The average molecular weight is 242 g/mol. The Morgan fingerprint density at radius 1 is 1.50 bits per heavy atom. The fraction of sp³-hybridized carbons (Fsp3) is 0.400. The second-order valence-corrected chi connectivity index (χ2v) is 5.88. The van der Waals surface area contributed by atoms with E-state index in [2.05, 4.69) is 10.3 Å². The molecule has 1 heterocycles. The lowest BCUT2D eigenvalue weighted by Crippen LogP contribution is -2.37. The largest absolute Gasteiger partial charge is 0.349 e. The number of carbonyl (C=O) groups excluding carboxylic acids is 1. The van der Waals surface area contributed by atoms with Crippen molar-refractivity contribution in [2.75, 3.05) is 6.26 Å². The Morgan fingerprint density at radius 2 is 2.19 bits per heavy atom. The molecule has 0 aliphatic carbocycles. The zero-order valence-corrected chi connectivity index (χ0v) is 9.99. The topological polar surface area (TPSA) is 76.1 Å². The molecule has 1 aromatic rings. The zero-order valence-electron chi connectivity index (χ0n) is 9.17. The number of carbonyl (C=O) groups is 1. The molecule has 1 N–H and O–H groups in total. The molecule has 0 spiro atoms. The first kappa shape index (κ1) is 12.6.